The molecule has 3 atom stereocenters. The highest BCUT2D eigenvalue weighted by molar-refractivity contribution is 5.25. The van der Waals surface area contributed by atoms with Crippen LogP contribution in [-0.4, -0.2) is 65.2 Å². The molecule has 0 spiro atoms. The van der Waals surface area contributed by atoms with Crippen LogP contribution < -0.4 is 5.73 Å². The first-order valence-electron chi connectivity index (χ1n) is 8.22. The van der Waals surface area contributed by atoms with Gasteiger partial charge in [0.2, 0.25) is 0 Å². The topological polar surface area (TPSA) is 67.5 Å². The first kappa shape index (κ1) is 15.6. The van der Waals surface area contributed by atoms with Crippen LogP contribution >= 0.6 is 0 Å². The van der Waals surface area contributed by atoms with Gasteiger partial charge in [0.05, 0.1) is 12.6 Å². The second kappa shape index (κ2) is 6.89. The van der Waals surface area contributed by atoms with Crippen LogP contribution in [0.1, 0.15) is 31.5 Å². The molecule has 3 rings (SSSR count). The van der Waals surface area contributed by atoms with E-state index in [1.54, 1.807) is 12.3 Å². The van der Waals surface area contributed by atoms with Crippen LogP contribution in [-0.2, 0) is 11.3 Å². The van der Waals surface area contributed by atoms with Gasteiger partial charge in [-0.3, -0.25) is 9.80 Å². The highest BCUT2D eigenvalue weighted by atomic mass is 16.5. The lowest BCUT2D eigenvalue weighted by Crippen LogP contribution is -2.47. The molecule has 0 bridgehead atoms. The molecule has 6 heteroatoms. The molecule has 122 valence electrons. The lowest BCUT2D eigenvalue weighted by atomic mass is 10.1. The number of hydrogen-bond acceptors (Lipinski definition) is 6. The summed E-state index contributed by atoms with van der Waals surface area (Å²) in [4.78, 5) is 13.7. The van der Waals surface area contributed by atoms with Crippen molar-refractivity contribution >= 4 is 5.82 Å². The van der Waals surface area contributed by atoms with Crippen LogP contribution in [0.25, 0.3) is 0 Å². The molecule has 1 aromatic rings. The zero-order valence-corrected chi connectivity index (χ0v) is 13.6. The van der Waals surface area contributed by atoms with E-state index in [1.165, 1.54) is 19.3 Å². The molecule has 2 aliphatic rings. The molecule has 0 aromatic carbocycles. The molecule has 1 aromatic heterocycles. The minimum atomic E-state index is 0.406. The lowest BCUT2D eigenvalue weighted by Gasteiger charge is -2.34. The van der Waals surface area contributed by atoms with Gasteiger partial charge in [-0.1, -0.05) is 6.42 Å². The molecule has 2 heterocycles. The van der Waals surface area contributed by atoms with Gasteiger partial charge in [0.1, 0.15) is 11.6 Å². The van der Waals surface area contributed by atoms with E-state index in [0.717, 1.165) is 31.9 Å². The van der Waals surface area contributed by atoms with E-state index in [-0.39, 0.29) is 0 Å². The highest BCUT2D eigenvalue weighted by Crippen LogP contribution is 2.31. The Balaban J connectivity index is 1.62. The molecule has 1 saturated carbocycles. The van der Waals surface area contributed by atoms with Crippen molar-refractivity contribution in [3.63, 3.8) is 0 Å². The van der Waals surface area contributed by atoms with Crippen molar-refractivity contribution in [2.75, 3.05) is 33.0 Å². The van der Waals surface area contributed by atoms with Crippen LogP contribution in [0.15, 0.2) is 12.3 Å². The van der Waals surface area contributed by atoms with E-state index in [4.69, 9.17) is 10.5 Å². The van der Waals surface area contributed by atoms with Gasteiger partial charge in [-0.25, -0.2) is 9.97 Å². The summed E-state index contributed by atoms with van der Waals surface area (Å²) in [5.74, 6) is 1.35. The first-order chi connectivity index (χ1) is 10.7. The maximum absolute atomic E-state index is 5.75. The highest BCUT2D eigenvalue weighted by Gasteiger charge is 2.37. The Morgan fingerprint density at radius 3 is 3.00 bits per heavy atom. The van der Waals surface area contributed by atoms with E-state index in [9.17, 15) is 0 Å². The third kappa shape index (κ3) is 3.39. The zero-order chi connectivity index (χ0) is 15.5. The fraction of sp³-hybridized carbons (Fsp3) is 0.750. The Morgan fingerprint density at radius 2 is 2.27 bits per heavy atom. The van der Waals surface area contributed by atoms with E-state index >= 15 is 0 Å². The second-order valence-electron chi connectivity index (χ2n) is 6.52. The monoisotopic (exact) mass is 305 g/mol. The van der Waals surface area contributed by atoms with Crippen LogP contribution in [0.5, 0.6) is 0 Å². The Morgan fingerprint density at radius 1 is 1.41 bits per heavy atom. The second-order valence-corrected chi connectivity index (χ2v) is 6.52. The molecule has 2 N–H and O–H groups in total. The van der Waals surface area contributed by atoms with Gasteiger partial charge >= 0.3 is 0 Å². The fourth-order valence-corrected chi connectivity index (χ4v) is 3.94. The number of nitrogens with two attached hydrogens (primary N) is 1. The van der Waals surface area contributed by atoms with E-state index in [0.29, 0.717) is 24.0 Å². The summed E-state index contributed by atoms with van der Waals surface area (Å²) < 4.78 is 5.52. The molecule has 2 fully saturated rings. The first-order valence-corrected chi connectivity index (χ1v) is 8.22. The van der Waals surface area contributed by atoms with Crippen molar-refractivity contribution < 1.29 is 4.74 Å². The van der Waals surface area contributed by atoms with Gasteiger partial charge in [0, 0.05) is 38.5 Å². The summed E-state index contributed by atoms with van der Waals surface area (Å²) in [7, 11) is 4.00. The predicted molar refractivity (Wildman–Crippen MR) is 86.3 cm³/mol. The Kier molecular flexibility index (Phi) is 4.90. The minimum absolute atomic E-state index is 0.406. The molecular weight excluding hydrogens is 278 g/mol. The van der Waals surface area contributed by atoms with Gasteiger partial charge in [-0.05, 0) is 32.4 Å². The van der Waals surface area contributed by atoms with Crippen molar-refractivity contribution in [3.8, 4) is 0 Å². The molecule has 1 aliphatic carbocycles. The van der Waals surface area contributed by atoms with Crippen LogP contribution in [0, 0.1) is 0 Å². The third-order valence-corrected chi connectivity index (χ3v) is 5.11. The number of hydrogen-bond donors (Lipinski definition) is 1. The smallest absolute Gasteiger partial charge is 0.144 e. The summed E-state index contributed by atoms with van der Waals surface area (Å²) in [6.07, 6.45) is 7.12. The summed E-state index contributed by atoms with van der Waals surface area (Å²) >= 11 is 0. The molecule has 0 radical (unpaired) electrons. The van der Waals surface area contributed by atoms with Crippen molar-refractivity contribution in [1.82, 2.24) is 19.8 Å². The van der Waals surface area contributed by atoms with Crippen LogP contribution in [0.2, 0.25) is 0 Å². The SMILES string of the molecule is COC1CCN([C@H]2CCC[C@H]2N(C)Cc2nccc(N)n2)C1. The van der Waals surface area contributed by atoms with E-state index in [2.05, 4.69) is 26.8 Å². The predicted octanol–water partition coefficient (Wildman–Crippen LogP) is 1.13. The van der Waals surface area contributed by atoms with Crippen LogP contribution in [0.4, 0.5) is 5.82 Å². The van der Waals surface area contributed by atoms with Gasteiger partial charge in [0.15, 0.2) is 0 Å². The molecule has 0 amide bonds. The molecule has 1 saturated heterocycles. The normalized spacial score (nSPS) is 29.5. The fourth-order valence-electron chi connectivity index (χ4n) is 3.94. The maximum atomic E-state index is 5.75. The molecule has 22 heavy (non-hydrogen) atoms. The van der Waals surface area contributed by atoms with Crippen molar-refractivity contribution in [2.45, 2.75) is 50.4 Å². The van der Waals surface area contributed by atoms with Crippen molar-refractivity contribution in [3.05, 3.63) is 18.1 Å². The Hall–Kier alpha value is -1.24. The van der Waals surface area contributed by atoms with Gasteiger partial charge in [-0.2, -0.15) is 0 Å². The molecule has 1 aliphatic heterocycles. The summed E-state index contributed by atoms with van der Waals surface area (Å²) in [6.45, 7) is 2.98. The maximum Gasteiger partial charge on any atom is 0.144 e. The van der Waals surface area contributed by atoms with Crippen LogP contribution in [0.3, 0.4) is 0 Å². The summed E-state index contributed by atoms with van der Waals surface area (Å²) in [6, 6.07) is 2.93. The van der Waals surface area contributed by atoms with Crippen molar-refractivity contribution in [1.29, 1.82) is 0 Å². The average Bonchev–Trinajstić information content (AvgIpc) is 3.16. The summed E-state index contributed by atoms with van der Waals surface area (Å²) in [5.41, 5.74) is 5.75. The number of rotatable bonds is 5. The molecular formula is C16H27N5O. The summed E-state index contributed by atoms with van der Waals surface area (Å²) in [5, 5.41) is 0. The number of anilines is 1. The standard InChI is InChI=1S/C16H27N5O/c1-20(11-16-18-8-6-15(17)19-16)13-4-3-5-14(13)21-9-7-12(10-21)22-2/h6,8,12-14H,3-5,7,9-11H2,1-2H3,(H2,17,18,19)/t12?,13-,14+/m1/s1. The molecule has 1 unspecified atom stereocenters. The number of ether oxygens (including phenoxy) is 1. The van der Waals surface area contributed by atoms with E-state index < -0.39 is 0 Å². The average molecular weight is 305 g/mol. The number of likely N-dealkylation sites (tertiary alicyclic amines) is 1. The number of aromatic nitrogens is 2. The number of methoxy groups -OCH3 is 1. The minimum Gasteiger partial charge on any atom is -0.384 e. The van der Waals surface area contributed by atoms with Crippen molar-refractivity contribution in [2.24, 2.45) is 0 Å². The largest absolute Gasteiger partial charge is 0.384 e. The van der Waals surface area contributed by atoms with Gasteiger partial charge < -0.3 is 10.5 Å². The number of nitrogens with zero attached hydrogens (tertiary/aromatic N) is 4. The Bertz CT molecular complexity index is 497. The number of nitrogen functional groups attached to an aromatic ring is 1. The Labute approximate surface area is 132 Å². The number of likely N-dealkylation sites (N-methyl/N-ethyl adjacent to an activating group) is 1. The quantitative estimate of drug-likeness (QED) is 0.879. The zero-order valence-electron chi connectivity index (χ0n) is 13.6. The molecule has 6 nitrogen and oxygen atoms in total. The van der Waals surface area contributed by atoms with Gasteiger partial charge in [0.25, 0.3) is 0 Å². The lowest BCUT2D eigenvalue weighted by molar-refractivity contribution is 0.0835. The third-order valence-electron chi connectivity index (χ3n) is 5.11. The van der Waals surface area contributed by atoms with E-state index in [1.807, 2.05) is 7.11 Å². The van der Waals surface area contributed by atoms with Gasteiger partial charge in [-0.15, -0.1) is 0 Å².